The fourth-order valence-corrected chi connectivity index (χ4v) is 1.37. The molecule has 5 nitrogen and oxygen atoms in total. The van der Waals surface area contributed by atoms with Gasteiger partial charge in [0.1, 0.15) is 0 Å². The maximum absolute atomic E-state index is 11.7. The van der Waals surface area contributed by atoms with Crippen molar-refractivity contribution in [3.63, 3.8) is 0 Å². The molecule has 0 fully saturated rings. The average molecular weight is 247 g/mol. The number of nitrogens with zero attached hydrogens (tertiary/aromatic N) is 2. The van der Waals surface area contributed by atoms with Crippen LogP contribution in [0.2, 0.25) is 0 Å². The van der Waals surface area contributed by atoms with Crippen LogP contribution in [0.4, 0.5) is 5.82 Å². The highest BCUT2D eigenvalue weighted by molar-refractivity contribution is 5.96. The van der Waals surface area contributed by atoms with Gasteiger partial charge in [0, 0.05) is 19.3 Å². The summed E-state index contributed by atoms with van der Waals surface area (Å²) in [4.78, 5) is 11.7. The van der Waals surface area contributed by atoms with Gasteiger partial charge in [0.25, 0.3) is 0 Å². The minimum absolute atomic E-state index is 0. The minimum Gasteiger partial charge on any atom is -0.318 e. The maximum atomic E-state index is 11.7. The number of aromatic nitrogens is 2. The lowest BCUT2D eigenvalue weighted by Crippen LogP contribution is -2.48. The number of nitrogens with two attached hydrogens (primary N) is 1. The highest BCUT2D eigenvalue weighted by Gasteiger charge is 2.27. The minimum atomic E-state index is -0.827. The van der Waals surface area contributed by atoms with Crippen LogP contribution in [0.15, 0.2) is 12.3 Å². The molecule has 1 rings (SSSR count). The number of hydrogen-bond acceptors (Lipinski definition) is 3. The van der Waals surface area contributed by atoms with Gasteiger partial charge in [-0.25, -0.2) is 0 Å². The topological polar surface area (TPSA) is 72.9 Å². The molecule has 0 bridgehead atoms. The number of nitrogens with one attached hydrogen (secondary N) is 1. The Morgan fingerprint density at radius 1 is 1.69 bits per heavy atom. The zero-order valence-electron chi connectivity index (χ0n) is 9.86. The lowest BCUT2D eigenvalue weighted by atomic mass is 9.97. The van der Waals surface area contributed by atoms with Gasteiger partial charge >= 0.3 is 0 Å². The van der Waals surface area contributed by atoms with E-state index in [2.05, 4.69) is 10.4 Å². The first-order valence-electron chi connectivity index (χ1n) is 5.05. The van der Waals surface area contributed by atoms with Crippen LogP contribution in [0.25, 0.3) is 0 Å². The second-order valence-electron chi connectivity index (χ2n) is 4.00. The van der Waals surface area contributed by atoms with Crippen LogP contribution in [-0.4, -0.2) is 21.2 Å². The Hall–Kier alpha value is -1.07. The Bertz CT molecular complexity index is 348. The second-order valence-corrected chi connectivity index (χ2v) is 4.00. The first-order valence-corrected chi connectivity index (χ1v) is 5.05. The van der Waals surface area contributed by atoms with Crippen LogP contribution < -0.4 is 11.1 Å². The van der Waals surface area contributed by atoms with E-state index in [1.54, 1.807) is 30.9 Å². The van der Waals surface area contributed by atoms with Crippen molar-refractivity contribution in [1.82, 2.24) is 9.78 Å². The third-order valence-electron chi connectivity index (χ3n) is 2.24. The van der Waals surface area contributed by atoms with E-state index >= 15 is 0 Å². The summed E-state index contributed by atoms with van der Waals surface area (Å²) < 4.78 is 1.63. The third kappa shape index (κ3) is 3.83. The molecule has 1 aromatic heterocycles. The van der Waals surface area contributed by atoms with E-state index < -0.39 is 5.54 Å². The van der Waals surface area contributed by atoms with Gasteiger partial charge < -0.3 is 11.1 Å². The first-order chi connectivity index (χ1) is 6.95. The monoisotopic (exact) mass is 246 g/mol. The van der Waals surface area contributed by atoms with Crippen molar-refractivity contribution in [3.05, 3.63) is 12.3 Å². The summed E-state index contributed by atoms with van der Waals surface area (Å²) in [5.41, 5.74) is 5.05. The molecule has 3 N–H and O–H groups in total. The highest BCUT2D eigenvalue weighted by atomic mass is 35.5. The molecule has 6 heteroatoms. The van der Waals surface area contributed by atoms with E-state index in [1.165, 1.54) is 0 Å². The van der Waals surface area contributed by atoms with E-state index in [0.29, 0.717) is 12.2 Å². The predicted molar refractivity (Wildman–Crippen MR) is 66.6 cm³/mol. The molecule has 0 spiro atoms. The lowest BCUT2D eigenvalue weighted by Gasteiger charge is -2.21. The van der Waals surface area contributed by atoms with Crippen LogP contribution in [-0.2, 0) is 11.8 Å². The smallest absolute Gasteiger partial charge is 0.245 e. The number of carbonyl (C=O) groups is 1. The van der Waals surface area contributed by atoms with Crippen LogP contribution in [0, 0.1) is 0 Å². The molecule has 92 valence electrons. The molecule has 16 heavy (non-hydrogen) atoms. The predicted octanol–water partition coefficient (Wildman–Crippen LogP) is 1.30. The summed E-state index contributed by atoms with van der Waals surface area (Å²) in [6.45, 7) is 3.73. The summed E-state index contributed by atoms with van der Waals surface area (Å²) in [7, 11) is 1.79. The fourth-order valence-electron chi connectivity index (χ4n) is 1.37. The van der Waals surface area contributed by atoms with Crippen LogP contribution in [0.5, 0.6) is 0 Å². The van der Waals surface area contributed by atoms with Crippen molar-refractivity contribution in [1.29, 1.82) is 0 Å². The van der Waals surface area contributed by atoms with Gasteiger partial charge in [-0.1, -0.05) is 13.3 Å². The normalized spacial score (nSPS) is 13.8. The molecule has 1 atom stereocenters. The SMILES string of the molecule is CCCC(C)(N)C(=O)Nc1ccn(C)n1.Cl. The summed E-state index contributed by atoms with van der Waals surface area (Å²) in [5.74, 6) is 0.346. The molecular weight excluding hydrogens is 228 g/mol. The van der Waals surface area contributed by atoms with Crippen molar-refractivity contribution in [2.75, 3.05) is 5.32 Å². The van der Waals surface area contributed by atoms with Gasteiger partial charge in [-0.2, -0.15) is 5.10 Å². The third-order valence-corrected chi connectivity index (χ3v) is 2.24. The number of anilines is 1. The quantitative estimate of drug-likeness (QED) is 0.841. The molecular formula is C10H19ClN4O. The van der Waals surface area contributed by atoms with E-state index in [-0.39, 0.29) is 18.3 Å². The van der Waals surface area contributed by atoms with Crippen molar-refractivity contribution < 1.29 is 4.79 Å². The van der Waals surface area contributed by atoms with Crippen molar-refractivity contribution in [2.45, 2.75) is 32.2 Å². The Balaban J connectivity index is 0.00000225. The van der Waals surface area contributed by atoms with Gasteiger partial charge in [-0.3, -0.25) is 9.48 Å². The number of amides is 1. The van der Waals surface area contributed by atoms with Crippen LogP contribution >= 0.6 is 12.4 Å². The largest absolute Gasteiger partial charge is 0.318 e. The van der Waals surface area contributed by atoms with Gasteiger partial charge in [-0.15, -0.1) is 12.4 Å². The molecule has 0 aliphatic heterocycles. The van der Waals surface area contributed by atoms with Crippen molar-refractivity contribution in [3.8, 4) is 0 Å². The first kappa shape index (κ1) is 14.9. The van der Waals surface area contributed by atoms with Gasteiger partial charge in [0.15, 0.2) is 5.82 Å². The Morgan fingerprint density at radius 3 is 2.75 bits per heavy atom. The Morgan fingerprint density at radius 2 is 2.31 bits per heavy atom. The van der Waals surface area contributed by atoms with Crippen LogP contribution in [0.1, 0.15) is 26.7 Å². The molecule has 0 aliphatic rings. The van der Waals surface area contributed by atoms with Gasteiger partial charge in [0.2, 0.25) is 5.91 Å². The molecule has 1 unspecified atom stereocenters. The summed E-state index contributed by atoms with van der Waals surface area (Å²) in [5, 5.41) is 6.75. The molecule has 0 aromatic carbocycles. The average Bonchev–Trinajstić information content (AvgIpc) is 2.51. The molecule has 0 saturated heterocycles. The lowest BCUT2D eigenvalue weighted by molar-refractivity contribution is -0.120. The summed E-state index contributed by atoms with van der Waals surface area (Å²) in [6.07, 6.45) is 3.30. The fraction of sp³-hybridized carbons (Fsp3) is 0.600. The summed E-state index contributed by atoms with van der Waals surface area (Å²) in [6, 6.07) is 1.74. The standard InChI is InChI=1S/C10H18N4O.ClH/c1-4-6-10(2,11)9(15)12-8-5-7-14(3)13-8;/h5,7H,4,6,11H2,1-3H3,(H,12,13,15);1H. The molecule has 1 amide bonds. The van der Waals surface area contributed by atoms with E-state index in [1.807, 2.05) is 6.92 Å². The van der Waals surface area contributed by atoms with Crippen molar-refractivity contribution >= 4 is 24.1 Å². The Labute approximate surface area is 102 Å². The second kappa shape index (κ2) is 5.86. The highest BCUT2D eigenvalue weighted by Crippen LogP contribution is 2.11. The molecule has 0 aliphatic carbocycles. The maximum Gasteiger partial charge on any atom is 0.245 e. The van der Waals surface area contributed by atoms with E-state index in [0.717, 1.165) is 6.42 Å². The number of halogens is 1. The molecule has 1 heterocycles. The van der Waals surface area contributed by atoms with E-state index in [4.69, 9.17) is 5.73 Å². The number of rotatable bonds is 4. The zero-order chi connectivity index (χ0) is 11.5. The number of aryl methyl sites for hydroxylation is 1. The van der Waals surface area contributed by atoms with E-state index in [9.17, 15) is 4.79 Å². The number of hydrogen-bond donors (Lipinski definition) is 2. The number of carbonyl (C=O) groups excluding carboxylic acids is 1. The Kier molecular flexibility index (Phi) is 5.47. The van der Waals surface area contributed by atoms with Crippen molar-refractivity contribution in [2.24, 2.45) is 12.8 Å². The molecule has 0 radical (unpaired) electrons. The van der Waals surface area contributed by atoms with Crippen LogP contribution in [0.3, 0.4) is 0 Å². The summed E-state index contributed by atoms with van der Waals surface area (Å²) >= 11 is 0. The molecule has 1 aromatic rings. The van der Waals surface area contributed by atoms with Gasteiger partial charge in [0.05, 0.1) is 5.54 Å². The zero-order valence-corrected chi connectivity index (χ0v) is 10.7. The van der Waals surface area contributed by atoms with Gasteiger partial charge in [-0.05, 0) is 13.3 Å². The molecule has 0 saturated carbocycles.